The van der Waals surface area contributed by atoms with Crippen LogP contribution in [0.3, 0.4) is 0 Å². The van der Waals surface area contributed by atoms with Crippen molar-refractivity contribution in [2.24, 2.45) is 0 Å². The Kier molecular flexibility index (Phi) is 8.30. The maximum absolute atomic E-state index is 12.5. The Morgan fingerprint density at radius 1 is 0.872 bits per heavy atom. The Morgan fingerprint density at radius 2 is 1.44 bits per heavy atom. The van der Waals surface area contributed by atoms with Crippen molar-refractivity contribution in [1.82, 2.24) is 0 Å². The van der Waals surface area contributed by atoms with Crippen LogP contribution in [0.15, 0.2) is 109 Å². The second-order valence-electron chi connectivity index (χ2n) is 9.54. The first kappa shape index (κ1) is 28.2. The standard InChI is InChI=1S/C31H29N2O.ClHO4/c1-23(34)33(26-15-8-5-9-16-26)21-20-29-31(2,22-24-12-6-4-7-13-24)30-27-17-11-10-14-25(27)18-19-28(30)32(29)3;2-1(3,4)5/h4-21H,22H2,1-3H3;(H,2,3,4,5)/q+1;/p-1. The van der Waals surface area contributed by atoms with Crippen LogP contribution in [0, 0.1) is 10.2 Å². The molecule has 8 heteroatoms. The molecule has 0 saturated heterocycles. The first-order chi connectivity index (χ1) is 18.5. The van der Waals surface area contributed by atoms with E-state index in [4.69, 9.17) is 18.6 Å². The molecular formula is C31H29ClN2O5. The summed E-state index contributed by atoms with van der Waals surface area (Å²) in [5, 5.41) is 2.52. The lowest BCUT2D eigenvalue weighted by atomic mass is 9.73. The number of halogens is 1. The molecule has 0 bridgehead atoms. The fraction of sp³-hybridized carbons (Fsp3) is 0.161. The van der Waals surface area contributed by atoms with E-state index >= 15 is 0 Å². The summed E-state index contributed by atoms with van der Waals surface area (Å²) in [5.41, 5.74) is 5.61. The van der Waals surface area contributed by atoms with Crippen molar-refractivity contribution >= 4 is 33.8 Å². The first-order valence-electron chi connectivity index (χ1n) is 12.3. The number of nitrogens with zero attached hydrogens (tertiary/aromatic N) is 2. The topological polar surface area (TPSA) is 116 Å². The molecule has 200 valence electrons. The molecule has 1 unspecified atom stereocenters. The summed E-state index contributed by atoms with van der Waals surface area (Å²) in [7, 11) is -2.82. The average molecular weight is 545 g/mol. The van der Waals surface area contributed by atoms with Gasteiger partial charge in [0, 0.05) is 36.5 Å². The van der Waals surface area contributed by atoms with Gasteiger partial charge in [-0.25, -0.2) is 18.6 Å². The molecule has 7 nitrogen and oxygen atoms in total. The van der Waals surface area contributed by atoms with Crippen molar-refractivity contribution in [3.8, 4) is 0 Å². The molecule has 0 N–H and O–H groups in total. The molecule has 0 aliphatic carbocycles. The minimum atomic E-state index is -4.94. The number of carbonyl (C=O) groups excluding carboxylic acids is 1. The second-order valence-corrected chi connectivity index (χ2v) is 10.3. The summed E-state index contributed by atoms with van der Waals surface area (Å²) in [4.78, 5) is 14.2. The van der Waals surface area contributed by atoms with Gasteiger partial charge >= 0.3 is 0 Å². The average Bonchev–Trinajstić information content (AvgIpc) is 3.10. The number of rotatable bonds is 5. The molecule has 0 fully saturated rings. The fourth-order valence-corrected chi connectivity index (χ4v) is 5.33. The molecule has 0 radical (unpaired) electrons. The van der Waals surface area contributed by atoms with Gasteiger partial charge in [0.15, 0.2) is 5.71 Å². The lowest BCUT2D eigenvalue weighted by Crippen LogP contribution is -2.68. The molecule has 4 aromatic rings. The van der Waals surface area contributed by atoms with E-state index in [0.29, 0.717) is 0 Å². The van der Waals surface area contributed by atoms with Crippen molar-refractivity contribution in [3.05, 3.63) is 120 Å². The largest absolute Gasteiger partial charge is 0.288 e. The van der Waals surface area contributed by atoms with Gasteiger partial charge in [-0.15, -0.1) is 10.2 Å². The molecule has 39 heavy (non-hydrogen) atoms. The predicted molar refractivity (Wildman–Crippen MR) is 141 cm³/mol. The van der Waals surface area contributed by atoms with Crippen molar-refractivity contribution in [2.45, 2.75) is 25.7 Å². The number of hydrogen-bond acceptors (Lipinski definition) is 5. The molecule has 0 aromatic heterocycles. The highest BCUT2D eigenvalue weighted by atomic mass is 35.7. The second kappa shape index (κ2) is 11.5. The maximum atomic E-state index is 12.5. The Morgan fingerprint density at radius 3 is 2.05 bits per heavy atom. The summed E-state index contributed by atoms with van der Waals surface area (Å²) >= 11 is 0. The number of hydrogen-bond donors (Lipinski definition) is 0. The van der Waals surface area contributed by atoms with Crippen LogP contribution in [0.2, 0.25) is 0 Å². The number of fused-ring (bicyclic) bond motifs is 3. The van der Waals surface area contributed by atoms with Crippen LogP contribution in [0.5, 0.6) is 0 Å². The van der Waals surface area contributed by atoms with Crippen molar-refractivity contribution in [1.29, 1.82) is 0 Å². The third kappa shape index (κ3) is 6.42. The zero-order valence-electron chi connectivity index (χ0n) is 21.9. The lowest BCUT2D eigenvalue weighted by molar-refractivity contribution is -2.00. The van der Waals surface area contributed by atoms with Crippen LogP contribution < -0.4 is 23.5 Å². The summed E-state index contributed by atoms with van der Waals surface area (Å²) in [5.74, 6) is -0.0172. The van der Waals surface area contributed by atoms with Gasteiger partial charge in [0.2, 0.25) is 11.6 Å². The van der Waals surface area contributed by atoms with E-state index in [1.807, 2.05) is 36.5 Å². The number of carbonyl (C=O) groups is 1. The SMILES string of the molecule is CC(=O)N(/C=C/C1=[N+](C)c2ccc3ccccc3c2C1(C)Cc1ccccc1)c1ccccc1.[O-][Cl+3]([O-])([O-])[O-]. The van der Waals surface area contributed by atoms with E-state index in [-0.39, 0.29) is 11.3 Å². The van der Waals surface area contributed by atoms with Crippen molar-refractivity contribution in [3.63, 3.8) is 0 Å². The minimum absolute atomic E-state index is 0.0172. The lowest BCUT2D eigenvalue weighted by Gasteiger charge is -2.24. The van der Waals surface area contributed by atoms with E-state index in [9.17, 15) is 4.79 Å². The highest BCUT2D eigenvalue weighted by molar-refractivity contribution is 6.08. The molecule has 1 aliphatic rings. The Balaban J connectivity index is 0.000000648. The van der Waals surface area contributed by atoms with Gasteiger partial charge < -0.3 is 0 Å². The summed E-state index contributed by atoms with van der Waals surface area (Å²) in [6, 6.07) is 33.5. The molecule has 5 rings (SSSR count). The van der Waals surface area contributed by atoms with Gasteiger partial charge in [-0.1, -0.05) is 72.8 Å². The fourth-order valence-electron chi connectivity index (χ4n) is 5.33. The number of allylic oxidation sites excluding steroid dienone is 1. The van der Waals surface area contributed by atoms with Gasteiger partial charge in [0.05, 0.1) is 5.41 Å². The normalized spacial score (nSPS) is 16.7. The highest BCUT2D eigenvalue weighted by Gasteiger charge is 2.47. The quantitative estimate of drug-likeness (QED) is 0.356. The van der Waals surface area contributed by atoms with Crippen LogP contribution in [-0.4, -0.2) is 23.2 Å². The molecular weight excluding hydrogens is 516 g/mol. The van der Waals surface area contributed by atoms with E-state index in [1.165, 1.54) is 33.3 Å². The van der Waals surface area contributed by atoms with Crippen LogP contribution >= 0.6 is 0 Å². The predicted octanol–water partition coefficient (Wildman–Crippen LogP) is 1.88. The van der Waals surface area contributed by atoms with Crippen LogP contribution in [0.25, 0.3) is 10.8 Å². The van der Waals surface area contributed by atoms with Crippen LogP contribution in [0.4, 0.5) is 11.4 Å². The number of anilines is 1. The monoisotopic (exact) mass is 544 g/mol. The smallest absolute Gasteiger partial charge is 0.227 e. The van der Waals surface area contributed by atoms with Gasteiger partial charge in [-0.05, 0) is 47.9 Å². The van der Waals surface area contributed by atoms with Crippen LogP contribution in [0.1, 0.15) is 25.0 Å². The molecule has 1 amide bonds. The number of para-hydroxylation sites is 1. The van der Waals surface area contributed by atoms with E-state index in [1.54, 1.807) is 11.8 Å². The molecule has 1 aliphatic heterocycles. The Labute approximate surface area is 229 Å². The third-order valence-electron chi connectivity index (χ3n) is 6.90. The van der Waals surface area contributed by atoms with E-state index < -0.39 is 10.2 Å². The number of amides is 1. The summed E-state index contributed by atoms with van der Waals surface area (Å²) < 4.78 is 36.3. The Bertz CT molecular complexity index is 1530. The van der Waals surface area contributed by atoms with Gasteiger partial charge in [0.25, 0.3) is 0 Å². The molecule has 0 spiro atoms. The molecule has 4 aromatic carbocycles. The van der Waals surface area contributed by atoms with Gasteiger partial charge in [-0.2, -0.15) is 4.58 Å². The van der Waals surface area contributed by atoms with Gasteiger partial charge in [0.1, 0.15) is 7.05 Å². The summed E-state index contributed by atoms with van der Waals surface area (Å²) in [6.45, 7) is 3.93. The van der Waals surface area contributed by atoms with E-state index in [0.717, 1.165) is 12.1 Å². The number of benzene rings is 4. The minimum Gasteiger partial charge on any atom is -0.288 e. The third-order valence-corrected chi connectivity index (χ3v) is 6.90. The van der Waals surface area contributed by atoms with Crippen LogP contribution in [-0.2, 0) is 16.6 Å². The van der Waals surface area contributed by atoms with Crippen molar-refractivity contribution < 1.29 is 38.2 Å². The summed E-state index contributed by atoms with van der Waals surface area (Å²) in [6.07, 6.45) is 4.90. The zero-order chi connectivity index (χ0) is 28.2. The molecule has 0 saturated carbocycles. The Hall–Kier alpha value is -3.85. The van der Waals surface area contributed by atoms with E-state index in [2.05, 4.69) is 91.4 Å². The first-order valence-corrected chi connectivity index (χ1v) is 13.5. The highest BCUT2D eigenvalue weighted by Crippen LogP contribution is 2.45. The molecule has 1 atom stereocenters. The maximum Gasteiger partial charge on any atom is 0.227 e. The zero-order valence-corrected chi connectivity index (χ0v) is 22.7. The van der Waals surface area contributed by atoms with Crippen molar-refractivity contribution in [2.75, 3.05) is 11.9 Å². The van der Waals surface area contributed by atoms with Gasteiger partial charge in [-0.3, -0.25) is 9.69 Å². The molecule has 1 heterocycles.